The molecule has 0 aromatic heterocycles. The molecular formula is C10H21NO2S. The predicted molar refractivity (Wildman–Crippen MR) is 60.0 cm³/mol. The zero-order valence-corrected chi connectivity index (χ0v) is 9.94. The van der Waals surface area contributed by atoms with E-state index in [9.17, 15) is 4.21 Å². The fourth-order valence-corrected chi connectivity index (χ4v) is 2.25. The summed E-state index contributed by atoms with van der Waals surface area (Å²) in [6.45, 7) is 4.02. The quantitative estimate of drug-likeness (QED) is 0.675. The summed E-state index contributed by atoms with van der Waals surface area (Å²) in [7, 11) is -0.648. The maximum atomic E-state index is 10.8. The lowest BCUT2D eigenvalue weighted by atomic mass is 10.2. The average Bonchev–Trinajstić information content (AvgIpc) is 2.50. The van der Waals surface area contributed by atoms with Crippen LogP contribution in [0.25, 0.3) is 0 Å². The van der Waals surface area contributed by atoms with Crippen molar-refractivity contribution in [1.29, 1.82) is 0 Å². The van der Waals surface area contributed by atoms with Crippen LogP contribution in [0.5, 0.6) is 0 Å². The highest BCUT2D eigenvalue weighted by Gasteiger charge is 2.20. The molecular weight excluding hydrogens is 198 g/mol. The topological polar surface area (TPSA) is 38.3 Å². The van der Waals surface area contributed by atoms with Crippen LogP contribution in [0.15, 0.2) is 0 Å². The molecule has 1 saturated heterocycles. The van der Waals surface area contributed by atoms with Gasteiger partial charge in [0.25, 0.3) is 0 Å². The normalized spacial score (nSPS) is 29.3. The lowest BCUT2D eigenvalue weighted by Crippen LogP contribution is -2.28. The third-order valence-corrected chi connectivity index (χ3v) is 3.34. The summed E-state index contributed by atoms with van der Waals surface area (Å²) in [6.07, 6.45) is 5.94. The molecule has 3 unspecified atom stereocenters. The summed E-state index contributed by atoms with van der Waals surface area (Å²) in [5.74, 6) is 0.801. The van der Waals surface area contributed by atoms with Crippen molar-refractivity contribution in [2.45, 2.75) is 38.4 Å². The van der Waals surface area contributed by atoms with Gasteiger partial charge in [0.2, 0.25) is 0 Å². The molecule has 84 valence electrons. The molecule has 0 saturated carbocycles. The summed E-state index contributed by atoms with van der Waals surface area (Å²) in [4.78, 5) is 0. The number of ether oxygens (including phenoxy) is 1. The van der Waals surface area contributed by atoms with Crippen molar-refractivity contribution in [3.8, 4) is 0 Å². The van der Waals surface area contributed by atoms with Crippen LogP contribution in [0, 0.1) is 0 Å². The zero-order valence-electron chi connectivity index (χ0n) is 9.12. The highest BCUT2D eigenvalue weighted by Crippen LogP contribution is 2.17. The molecule has 0 amide bonds. The predicted octanol–water partition coefficient (Wildman–Crippen LogP) is 0.912. The van der Waals surface area contributed by atoms with Crippen molar-refractivity contribution < 1.29 is 8.95 Å². The Bertz CT molecular complexity index is 187. The van der Waals surface area contributed by atoms with Crippen molar-refractivity contribution >= 4 is 10.8 Å². The molecule has 1 rings (SSSR count). The van der Waals surface area contributed by atoms with Crippen molar-refractivity contribution in [2.75, 3.05) is 25.1 Å². The first-order valence-corrected chi connectivity index (χ1v) is 7.07. The molecule has 0 aromatic rings. The Morgan fingerprint density at radius 2 is 2.29 bits per heavy atom. The minimum Gasteiger partial charge on any atom is -0.374 e. The molecule has 0 radical (unpaired) electrons. The van der Waals surface area contributed by atoms with E-state index < -0.39 is 10.8 Å². The Balaban J connectivity index is 1.91. The Morgan fingerprint density at radius 1 is 1.50 bits per heavy atom. The molecule has 1 N–H and O–H groups in total. The van der Waals surface area contributed by atoms with Crippen LogP contribution in [-0.2, 0) is 15.5 Å². The van der Waals surface area contributed by atoms with Gasteiger partial charge in [-0.05, 0) is 32.7 Å². The molecule has 1 heterocycles. The second-order valence-corrected chi connectivity index (χ2v) is 5.54. The first-order chi connectivity index (χ1) is 6.68. The third kappa shape index (κ3) is 5.08. The monoisotopic (exact) mass is 219 g/mol. The van der Waals surface area contributed by atoms with E-state index in [2.05, 4.69) is 12.2 Å². The molecule has 0 spiro atoms. The van der Waals surface area contributed by atoms with Crippen molar-refractivity contribution in [2.24, 2.45) is 0 Å². The van der Waals surface area contributed by atoms with Gasteiger partial charge in [0, 0.05) is 29.4 Å². The largest absolute Gasteiger partial charge is 0.374 e. The van der Waals surface area contributed by atoms with Gasteiger partial charge in [0.15, 0.2) is 0 Å². The van der Waals surface area contributed by atoms with Gasteiger partial charge < -0.3 is 10.1 Å². The summed E-state index contributed by atoms with van der Waals surface area (Å²) in [5, 5.41) is 3.34. The Morgan fingerprint density at radius 3 is 2.86 bits per heavy atom. The molecule has 3 nitrogen and oxygen atoms in total. The third-order valence-electron chi connectivity index (χ3n) is 2.48. The molecule has 1 aliphatic rings. The second kappa shape index (κ2) is 6.53. The SMILES string of the molecule is CC1CCC(CNCCCS(C)=O)O1. The van der Waals surface area contributed by atoms with Crippen LogP contribution >= 0.6 is 0 Å². The number of rotatable bonds is 6. The first kappa shape index (κ1) is 12.1. The van der Waals surface area contributed by atoms with Crippen molar-refractivity contribution in [3.05, 3.63) is 0 Å². The summed E-state index contributed by atoms with van der Waals surface area (Å²) in [5.41, 5.74) is 0. The standard InChI is InChI=1S/C10H21NO2S/c1-9-4-5-10(13-9)8-11-6-3-7-14(2)12/h9-11H,3-8H2,1-2H3. The van der Waals surface area contributed by atoms with Gasteiger partial charge in [-0.1, -0.05) is 0 Å². The Labute approximate surface area is 89.1 Å². The van der Waals surface area contributed by atoms with E-state index in [0.29, 0.717) is 12.2 Å². The lowest BCUT2D eigenvalue weighted by Gasteiger charge is -2.11. The highest BCUT2D eigenvalue weighted by atomic mass is 32.2. The maximum Gasteiger partial charge on any atom is 0.0704 e. The lowest BCUT2D eigenvalue weighted by molar-refractivity contribution is 0.0562. The Hall–Kier alpha value is 0.0700. The summed E-state index contributed by atoms with van der Waals surface area (Å²) >= 11 is 0. The van der Waals surface area contributed by atoms with Crippen LogP contribution in [0.3, 0.4) is 0 Å². The minimum atomic E-state index is -0.648. The van der Waals surface area contributed by atoms with E-state index in [1.807, 2.05) is 0 Å². The van der Waals surface area contributed by atoms with E-state index in [1.54, 1.807) is 6.26 Å². The Kier molecular flexibility index (Phi) is 5.67. The molecule has 1 fully saturated rings. The average molecular weight is 219 g/mol. The van der Waals surface area contributed by atoms with E-state index in [4.69, 9.17) is 4.74 Å². The van der Waals surface area contributed by atoms with E-state index in [1.165, 1.54) is 12.8 Å². The summed E-state index contributed by atoms with van der Waals surface area (Å²) < 4.78 is 16.4. The number of nitrogens with one attached hydrogen (secondary N) is 1. The van der Waals surface area contributed by atoms with Gasteiger partial charge in [-0.3, -0.25) is 4.21 Å². The smallest absolute Gasteiger partial charge is 0.0704 e. The molecule has 0 bridgehead atoms. The van der Waals surface area contributed by atoms with Gasteiger partial charge in [-0.15, -0.1) is 0 Å². The highest BCUT2D eigenvalue weighted by molar-refractivity contribution is 7.84. The summed E-state index contributed by atoms with van der Waals surface area (Å²) in [6, 6.07) is 0. The van der Waals surface area contributed by atoms with Gasteiger partial charge >= 0.3 is 0 Å². The van der Waals surface area contributed by atoms with Crippen molar-refractivity contribution in [3.63, 3.8) is 0 Å². The van der Waals surface area contributed by atoms with Gasteiger partial charge in [-0.25, -0.2) is 0 Å². The van der Waals surface area contributed by atoms with Crippen molar-refractivity contribution in [1.82, 2.24) is 5.32 Å². The molecule has 3 atom stereocenters. The second-order valence-electron chi connectivity index (χ2n) is 3.98. The van der Waals surface area contributed by atoms with Crippen LogP contribution < -0.4 is 5.32 Å². The van der Waals surface area contributed by atoms with E-state index in [-0.39, 0.29) is 0 Å². The van der Waals surface area contributed by atoms with Crippen LogP contribution in [0.2, 0.25) is 0 Å². The van der Waals surface area contributed by atoms with Crippen LogP contribution in [-0.4, -0.2) is 41.5 Å². The maximum absolute atomic E-state index is 10.8. The zero-order chi connectivity index (χ0) is 10.4. The van der Waals surface area contributed by atoms with E-state index in [0.717, 1.165) is 25.3 Å². The molecule has 4 heteroatoms. The van der Waals surface area contributed by atoms with Crippen LogP contribution in [0.1, 0.15) is 26.2 Å². The molecule has 0 aliphatic carbocycles. The van der Waals surface area contributed by atoms with Gasteiger partial charge in [0.05, 0.1) is 12.2 Å². The van der Waals surface area contributed by atoms with E-state index >= 15 is 0 Å². The number of hydrogen-bond donors (Lipinski definition) is 1. The fourth-order valence-electron chi connectivity index (χ4n) is 1.70. The molecule has 14 heavy (non-hydrogen) atoms. The fraction of sp³-hybridized carbons (Fsp3) is 1.00. The van der Waals surface area contributed by atoms with Gasteiger partial charge in [0.1, 0.15) is 0 Å². The molecule has 0 aromatic carbocycles. The van der Waals surface area contributed by atoms with Gasteiger partial charge in [-0.2, -0.15) is 0 Å². The molecule has 1 aliphatic heterocycles. The first-order valence-electron chi connectivity index (χ1n) is 5.34. The van der Waals surface area contributed by atoms with Crippen LogP contribution in [0.4, 0.5) is 0 Å². The minimum absolute atomic E-state index is 0.400. The number of hydrogen-bond acceptors (Lipinski definition) is 3.